The Morgan fingerprint density at radius 2 is 1.24 bits per heavy atom. The zero-order chi connectivity index (χ0) is 23.4. The number of nitrogens with one attached hydrogen (secondary N) is 1. The van der Waals surface area contributed by atoms with Crippen molar-refractivity contribution in [3.63, 3.8) is 0 Å². The summed E-state index contributed by atoms with van der Waals surface area (Å²) in [5, 5.41) is 3.03. The summed E-state index contributed by atoms with van der Waals surface area (Å²) < 4.78 is 0. The number of amides is 1. The number of hydrogen-bond donors (Lipinski definition) is 2. The van der Waals surface area contributed by atoms with Gasteiger partial charge in [-0.2, -0.15) is 15.0 Å². The molecule has 3 N–H and O–H groups in total. The molecule has 3 saturated heterocycles. The van der Waals surface area contributed by atoms with E-state index in [1.807, 2.05) is 6.92 Å². The van der Waals surface area contributed by atoms with Crippen molar-refractivity contribution < 1.29 is 9.59 Å². The number of nitrogens with zero attached hydrogens (tertiary/aromatic N) is 6. The number of hydrogen-bond acceptors (Lipinski definition) is 9. The van der Waals surface area contributed by atoms with Crippen molar-refractivity contribution >= 4 is 29.5 Å². The highest BCUT2D eigenvalue weighted by Crippen LogP contribution is 2.27. The van der Waals surface area contributed by atoms with Crippen LogP contribution < -0.4 is 25.8 Å². The molecule has 4 heterocycles. The van der Waals surface area contributed by atoms with Crippen LogP contribution in [0.25, 0.3) is 0 Å². The fraction of sp³-hybridized carbons (Fsp3) is 0.783. The van der Waals surface area contributed by atoms with E-state index < -0.39 is 0 Å². The van der Waals surface area contributed by atoms with E-state index in [-0.39, 0.29) is 23.9 Å². The van der Waals surface area contributed by atoms with E-state index in [4.69, 9.17) is 20.7 Å². The minimum Gasteiger partial charge on any atom is -0.353 e. The van der Waals surface area contributed by atoms with Crippen LogP contribution in [-0.4, -0.2) is 78.0 Å². The minimum atomic E-state index is 0.0199. The Hall–Kier alpha value is -2.49. The summed E-state index contributed by atoms with van der Waals surface area (Å²) >= 11 is 0. The second kappa shape index (κ2) is 10.6. The number of carbonyl (C=O) groups is 2. The summed E-state index contributed by atoms with van der Waals surface area (Å²) in [6.07, 6.45) is 5.92. The zero-order valence-electron chi connectivity index (χ0n) is 20.0. The predicted octanol–water partition coefficient (Wildman–Crippen LogP) is 1.10. The van der Waals surface area contributed by atoms with E-state index in [1.54, 1.807) is 6.92 Å². The van der Waals surface area contributed by atoms with Crippen molar-refractivity contribution in [1.29, 1.82) is 0 Å². The first-order valence-electron chi connectivity index (χ1n) is 12.5. The molecule has 1 aromatic rings. The van der Waals surface area contributed by atoms with Gasteiger partial charge in [0.2, 0.25) is 23.8 Å². The Labute approximate surface area is 196 Å². The van der Waals surface area contributed by atoms with E-state index in [0.29, 0.717) is 24.1 Å². The number of Topliss-reactive ketones (excluding diaryl/α,β-unsaturated/α-hetero) is 1. The van der Waals surface area contributed by atoms with Gasteiger partial charge in [0.25, 0.3) is 0 Å². The third-order valence-electron chi connectivity index (χ3n) is 7.19. The Bertz CT molecular complexity index is 826. The third kappa shape index (κ3) is 5.90. The summed E-state index contributed by atoms with van der Waals surface area (Å²) in [4.78, 5) is 44.8. The van der Waals surface area contributed by atoms with E-state index in [2.05, 4.69) is 20.0 Å². The predicted molar refractivity (Wildman–Crippen MR) is 129 cm³/mol. The molecule has 3 fully saturated rings. The van der Waals surface area contributed by atoms with Crippen LogP contribution in [0.3, 0.4) is 0 Å². The molecule has 0 bridgehead atoms. The van der Waals surface area contributed by atoms with Gasteiger partial charge in [-0.3, -0.25) is 9.59 Å². The van der Waals surface area contributed by atoms with E-state index in [1.165, 1.54) is 0 Å². The van der Waals surface area contributed by atoms with Crippen LogP contribution in [0, 0.1) is 5.92 Å². The van der Waals surface area contributed by atoms with Crippen molar-refractivity contribution in [1.82, 2.24) is 20.3 Å². The second-order valence-corrected chi connectivity index (χ2v) is 9.60. The Kier molecular flexibility index (Phi) is 7.62. The molecule has 182 valence electrons. The van der Waals surface area contributed by atoms with Crippen LogP contribution in [0.5, 0.6) is 0 Å². The van der Waals surface area contributed by atoms with Crippen LogP contribution in [0.1, 0.15) is 58.8 Å². The van der Waals surface area contributed by atoms with Crippen LogP contribution in [0.2, 0.25) is 0 Å². The lowest BCUT2D eigenvalue weighted by Gasteiger charge is -2.36. The van der Waals surface area contributed by atoms with Gasteiger partial charge in [0.1, 0.15) is 5.78 Å². The molecule has 3 aliphatic rings. The number of piperidine rings is 3. The maximum atomic E-state index is 12.1. The largest absolute Gasteiger partial charge is 0.353 e. The maximum Gasteiger partial charge on any atom is 0.231 e. The molecule has 1 aromatic heterocycles. The molecule has 0 radical (unpaired) electrons. The molecule has 0 atom stereocenters. The Morgan fingerprint density at radius 3 is 1.67 bits per heavy atom. The van der Waals surface area contributed by atoms with Crippen LogP contribution in [-0.2, 0) is 9.59 Å². The molecule has 0 unspecified atom stereocenters. The summed E-state index contributed by atoms with van der Waals surface area (Å²) in [6, 6.07) is 0.447. The molecule has 10 nitrogen and oxygen atoms in total. The maximum absolute atomic E-state index is 12.1. The average Bonchev–Trinajstić information content (AvgIpc) is 2.84. The fourth-order valence-corrected chi connectivity index (χ4v) is 5.07. The Balaban J connectivity index is 1.52. The van der Waals surface area contributed by atoms with Gasteiger partial charge in [-0.05, 0) is 38.5 Å². The van der Waals surface area contributed by atoms with Gasteiger partial charge in [0, 0.05) is 70.6 Å². The lowest BCUT2D eigenvalue weighted by atomic mass is 9.91. The van der Waals surface area contributed by atoms with Gasteiger partial charge in [0.05, 0.1) is 0 Å². The monoisotopic (exact) mass is 458 g/mol. The second-order valence-electron chi connectivity index (χ2n) is 9.60. The summed E-state index contributed by atoms with van der Waals surface area (Å²) in [7, 11) is 0. The Morgan fingerprint density at radius 1 is 0.818 bits per heavy atom. The van der Waals surface area contributed by atoms with Crippen molar-refractivity contribution in [3.05, 3.63) is 0 Å². The molecule has 10 heteroatoms. The van der Waals surface area contributed by atoms with Gasteiger partial charge in [-0.15, -0.1) is 0 Å². The van der Waals surface area contributed by atoms with Gasteiger partial charge in [0.15, 0.2) is 0 Å². The number of rotatable bonds is 6. The highest BCUT2D eigenvalue weighted by molar-refractivity contribution is 5.81. The normalized spacial score (nSPS) is 21.4. The first-order chi connectivity index (χ1) is 15.9. The molecule has 1 amide bonds. The number of carbonyl (C=O) groups excluding carboxylic acids is 2. The third-order valence-corrected chi connectivity index (χ3v) is 7.19. The zero-order valence-corrected chi connectivity index (χ0v) is 20.0. The smallest absolute Gasteiger partial charge is 0.231 e. The van der Waals surface area contributed by atoms with Gasteiger partial charge >= 0.3 is 0 Å². The lowest BCUT2D eigenvalue weighted by molar-refractivity contribution is -0.123. The SMILES string of the molecule is CCC(=O)C1CCN(c2nc(N3CCC(N)CC3)nc(N3CCC(NC(C)=O)CC3)n2)CC1. The molecule has 0 saturated carbocycles. The van der Waals surface area contributed by atoms with Crippen LogP contribution in [0.4, 0.5) is 17.8 Å². The highest BCUT2D eigenvalue weighted by Gasteiger charge is 2.29. The number of nitrogens with two attached hydrogens (primary N) is 1. The van der Waals surface area contributed by atoms with Crippen molar-refractivity contribution in [3.8, 4) is 0 Å². The number of ketones is 1. The van der Waals surface area contributed by atoms with Crippen molar-refractivity contribution in [2.45, 2.75) is 70.9 Å². The first kappa shape index (κ1) is 23.7. The molecular formula is C23H38N8O2. The lowest BCUT2D eigenvalue weighted by Crippen LogP contribution is -2.45. The standard InChI is InChI=1S/C23H38N8O2/c1-3-20(33)17-4-10-29(11-5-17)21-26-22(30-12-6-18(24)7-13-30)28-23(27-21)31-14-8-19(9-15-31)25-16(2)32/h17-19H,3-15,24H2,1-2H3,(H,25,32). The number of aromatic nitrogens is 3. The van der Waals surface area contributed by atoms with E-state index >= 15 is 0 Å². The van der Waals surface area contributed by atoms with E-state index in [9.17, 15) is 9.59 Å². The molecule has 3 aliphatic heterocycles. The molecule has 0 spiro atoms. The molecule has 33 heavy (non-hydrogen) atoms. The fourth-order valence-electron chi connectivity index (χ4n) is 5.07. The molecular weight excluding hydrogens is 420 g/mol. The van der Waals surface area contributed by atoms with Crippen LogP contribution in [0.15, 0.2) is 0 Å². The van der Waals surface area contributed by atoms with E-state index in [0.717, 1.165) is 83.7 Å². The number of anilines is 3. The minimum absolute atomic E-state index is 0.0199. The average molecular weight is 459 g/mol. The summed E-state index contributed by atoms with van der Waals surface area (Å²) in [5.74, 6) is 2.67. The molecule has 0 aromatic carbocycles. The van der Waals surface area contributed by atoms with Crippen molar-refractivity contribution in [2.24, 2.45) is 11.7 Å². The summed E-state index contributed by atoms with van der Waals surface area (Å²) in [5.41, 5.74) is 6.11. The van der Waals surface area contributed by atoms with Crippen molar-refractivity contribution in [2.75, 3.05) is 54.0 Å². The van der Waals surface area contributed by atoms with Gasteiger partial charge in [-0.25, -0.2) is 0 Å². The van der Waals surface area contributed by atoms with Crippen LogP contribution >= 0.6 is 0 Å². The quantitative estimate of drug-likeness (QED) is 0.645. The molecule has 4 rings (SSSR count). The molecule has 0 aliphatic carbocycles. The summed E-state index contributed by atoms with van der Waals surface area (Å²) in [6.45, 7) is 8.38. The van der Waals surface area contributed by atoms with Gasteiger partial charge in [-0.1, -0.05) is 6.92 Å². The first-order valence-corrected chi connectivity index (χ1v) is 12.5. The van der Waals surface area contributed by atoms with Gasteiger partial charge < -0.3 is 25.8 Å². The topological polar surface area (TPSA) is 121 Å². The highest BCUT2D eigenvalue weighted by atomic mass is 16.1.